The average Bonchev–Trinajstić information content (AvgIpc) is 3.11. The number of carbonyl (C=O) groups excluding carboxylic acids is 1. The highest BCUT2D eigenvalue weighted by Gasteiger charge is 2.17. The zero-order chi connectivity index (χ0) is 18.1. The zero-order valence-corrected chi connectivity index (χ0v) is 14.5. The molecule has 1 N–H and O–H groups in total. The summed E-state index contributed by atoms with van der Waals surface area (Å²) in [6.07, 6.45) is 3.19. The molecular formula is C19H15ClN4O2. The third-order valence-corrected chi connectivity index (χ3v) is 4.70. The molecular weight excluding hydrogens is 352 g/mol. The summed E-state index contributed by atoms with van der Waals surface area (Å²) in [5, 5.41) is 5.01. The van der Waals surface area contributed by atoms with Gasteiger partial charge in [-0.3, -0.25) is 14.2 Å². The second kappa shape index (κ2) is 6.72. The Morgan fingerprint density at radius 3 is 2.96 bits per heavy atom. The Kier molecular flexibility index (Phi) is 4.26. The normalized spacial score (nSPS) is 13.3. The van der Waals surface area contributed by atoms with E-state index in [0.717, 1.165) is 18.7 Å². The van der Waals surface area contributed by atoms with Gasteiger partial charge in [0.15, 0.2) is 0 Å². The van der Waals surface area contributed by atoms with Crippen molar-refractivity contribution in [1.82, 2.24) is 15.0 Å². The molecule has 3 aromatic rings. The smallest absolute Gasteiger partial charge is 0.271 e. The van der Waals surface area contributed by atoms with E-state index < -0.39 is 0 Å². The number of benzene rings is 2. The Morgan fingerprint density at radius 1 is 1.27 bits per heavy atom. The van der Waals surface area contributed by atoms with Crippen LogP contribution in [0.2, 0.25) is 5.02 Å². The molecule has 0 saturated carbocycles. The number of nitrogens with zero attached hydrogens (tertiary/aromatic N) is 3. The summed E-state index contributed by atoms with van der Waals surface area (Å²) >= 11 is 6.04. The minimum Gasteiger partial charge on any atom is -0.296 e. The maximum atomic E-state index is 12.4. The maximum absolute atomic E-state index is 12.4. The second-order valence-electron chi connectivity index (χ2n) is 6.04. The van der Waals surface area contributed by atoms with Crippen molar-refractivity contribution in [3.63, 3.8) is 0 Å². The third kappa shape index (κ3) is 2.99. The molecule has 1 aliphatic heterocycles. The van der Waals surface area contributed by atoms with E-state index in [1.165, 1.54) is 6.21 Å². The van der Waals surface area contributed by atoms with Crippen LogP contribution in [0.15, 0.2) is 52.4 Å². The lowest BCUT2D eigenvalue weighted by atomic mass is 10.1. The van der Waals surface area contributed by atoms with E-state index in [1.807, 2.05) is 12.1 Å². The number of rotatable bonds is 3. The highest BCUT2D eigenvalue weighted by atomic mass is 35.5. The molecule has 2 heterocycles. The van der Waals surface area contributed by atoms with Gasteiger partial charge in [0.05, 0.1) is 17.1 Å². The largest absolute Gasteiger partial charge is 0.296 e. The van der Waals surface area contributed by atoms with Gasteiger partial charge in [0.2, 0.25) is 0 Å². The van der Waals surface area contributed by atoms with E-state index in [2.05, 4.69) is 15.5 Å². The second-order valence-corrected chi connectivity index (χ2v) is 6.45. The van der Waals surface area contributed by atoms with Gasteiger partial charge in [-0.1, -0.05) is 29.8 Å². The van der Waals surface area contributed by atoms with Crippen molar-refractivity contribution in [3.05, 3.63) is 74.8 Å². The molecule has 2 aromatic carbocycles. The van der Waals surface area contributed by atoms with Gasteiger partial charge in [0.1, 0.15) is 5.82 Å². The van der Waals surface area contributed by atoms with Crippen LogP contribution in [-0.4, -0.2) is 21.7 Å². The number of carbonyl (C=O) groups is 1. The lowest BCUT2D eigenvalue weighted by Gasteiger charge is -2.06. The summed E-state index contributed by atoms with van der Waals surface area (Å²) in [7, 11) is 0. The number of aromatic nitrogens is 2. The number of hydrogen-bond acceptors (Lipinski definition) is 4. The number of hydrazone groups is 1. The minimum absolute atomic E-state index is 0.0498. The fraction of sp³-hybridized carbons (Fsp3) is 0.158. The quantitative estimate of drug-likeness (QED) is 0.572. The van der Waals surface area contributed by atoms with Gasteiger partial charge >= 0.3 is 0 Å². The highest BCUT2D eigenvalue weighted by molar-refractivity contribution is 6.33. The van der Waals surface area contributed by atoms with E-state index in [-0.39, 0.29) is 11.5 Å². The zero-order valence-electron chi connectivity index (χ0n) is 13.8. The predicted octanol–water partition coefficient (Wildman–Crippen LogP) is 2.76. The van der Waals surface area contributed by atoms with Crippen molar-refractivity contribution in [3.8, 4) is 0 Å². The van der Waals surface area contributed by atoms with Crippen molar-refractivity contribution in [2.24, 2.45) is 5.10 Å². The van der Waals surface area contributed by atoms with Crippen LogP contribution in [0.4, 0.5) is 0 Å². The van der Waals surface area contributed by atoms with E-state index >= 15 is 0 Å². The van der Waals surface area contributed by atoms with Crippen molar-refractivity contribution < 1.29 is 4.79 Å². The number of halogens is 1. The molecule has 0 fully saturated rings. The third-order valence-electron chi connectivity index (χ3n) is 4.35. The molecule has 0 saturated heterocycles. The SMILES string of the molecule is O=C(N/N=C\c1ccccc1Cl)c1ccc2c(=O)n3c(nc2c1)CCC3. The molecule has 0 spiro atoms. The summed E-state index contributed by atoms with van der Waals surface area (Å²) in [4.78, 5) is 29.3. The lowest BCUT2D eigenvalue weighted by molar-refractivity contribution is 0.0955. The summed E-state index contributed by atoms with van der Waals surface area (Å²) < 4.78 is 1.70. The summed E-state index contributed by atoms with van der Waals surface area (Å²) in [5.41, 5.74) is 4.05. The molecule has 0 radical (unpaired) electrons. The van der Waals surface area contributed by atoms with E-state index in [1.54, 1.807) is 34.9 Å². The van der Waals surface area contributed by atoms with Crippen LogP contribution in [0.25, 0.3) is 10.9 Å². The predicted molar refractivity (Wildman–Crippen MR) is 101 cm³/mol. The van der Waals surface area contributed by atoms with Crippen LogP contribution >= 0.6 is 11.6 Å². The van der Waals surface area contributed by atoms with Gasteiger partial charge in [-0.05, 0) is 30.7 Å². The minimum atomic E-state index is -0.377. The van der Waals surface area contributed by atoms with Crippen LogP contribution in [0.5, 0.6) is 0 Å². The Morgan fingerprint density at radius 2 is 2.12 bits per heavy atom. The maximum Gasteiger partial charge on any atom is 0.271 e. The lowest BCUT2D eigenvalue weighted by Crippen LogP contribution is -2.22. The number of aryl methyl sites for hydroxylation is 1. The van der Waals surface area contributed by atoms with Crippen molar-refractivity contribution in [2.75, 3.05) is 0 Å². The van der Waals surface area contributed by atoms with Gasteiger partial charge < -0.3 is 0 Å². The fourth-order valence-corrected chi connectivity index (χ4v) is 3.21. The van der Waals surface area contributed by atoms with E-state index in [4.69, 9.17) is 11.6 Å². The molecule has 26 heavy (non-hydrogen) atoms. The van der Waals surface area contributed by atoms with Crippen LogP contribution in [0, 0.1) is 0 Å². The standard InChI is InChI=1S/C19H15ClN4O2/c20-15-5-2-1-4-13(15)11-21-23-18(25)12-7-8-14-16(10-12)22-17-6-3-9-24(17)19(14)26/h1-2,4-5,7-8,10-11H,3,6,9H2,(H,23,25)/b21-11-. The summed E-state index contributed by atoms with van der Waals surface area (Å²) in [6, 6.07) is 12.1. The molecule has 1 amide bonds. The molecule has 1 aliphatic rings. The number of amides is 1. The summed E-state index contributed by atoms with van der Waals surface area (Å²) in [6.45, 7) is 0.704. The Hall–Kier alpha value is -2.99. The molecule has 7 heteroatoms. The molecule has 0 unspecified atom stereocenters. The van der Waals surface area contributed by atoms with Crippen LogP contribution < -0.4 is 11.0 Å². The summed E-state index contributed by atoms with van der Waals surface area (Å²) in [5.74, 6) is 0.398. The van der Waals surface area contributed by atoms with Gasteiger partial charge in [0.25, 0.3) is 11.5 Å². The van der Waals surface area contributed by atoms with Crippen LogP contribution in [0.3, 0.4) is 0 Å². The Bertz CT molecular complexity index is 1100. The molecule has 1 aromatic heterocycles. The Labute approximate surface area is 154 Å². The van der Waals surface area contributed by atoms with Crippen molar-refractivity contribution >= 4 is 34.6 Å². The first-order valence-electron chi connectivity index (χ1n) is 8.25. The molecule has 4 rings (SSSR count). The highest BCUT2D eigenvalue weighted by Crippen LogP contribution is 2.16. The van der Waals surface area contributed by atoms with Gasteiger partial charge in [0, 0.05) is 29.1 Å². The van der Waals surface area contributed by atoms with Gasteiger partial charge in [-0.15, -0.1) is 0 Å². The fourth-order valence-electron chi connectivity index (χ4n) is 3.03. The van der Waals surface area contributed by atoms with Crippen molar-refractivity contribution in [1.29, 1.82) is 0 Å². The van der Waals surface area contributed by atoms with Gasteiger partial charge in [-0.25, -0.2) is 10.4 Å². The van der Waals surface area contributed by atoms with E-state index in [9.17, 15) is 9.59 Å². The topological polar surface area (TPSA) is 76.3 Å². The number of hydrogen-bond donors (Lipinski definition) is 1. The number of fused-ring (bicyclic) bond motifs is 2. The average molecular weight is 367 g/mol. The number of nitrogens with one attached hydrogen (secondary N) is 1. The Balaban J connectivity index is 1.58. The molecule has 130 valence electrons. The first-order chi connectivity index (χ1) is 12.6. The van der Waals surface area contributed by atoms with Crippen molar-refractivity contribution in [2.45, 2.75) is 19.4 Å². The molecule has 0 aliphatic carbocycles. The molecule has 0 bridgehead atoms. The monoisotopic (exact) mass is 366 g/mol. The van der Waals surface area contributed by atoms with Crippen LogP contribution in [-0.2, 0) is 13.0 Å². The molecule has 6 nitrogen and oxygen atoms in total. The first-order valence-corrected chi connectivity index (χ1v) is 8.63. The van der Waals surface area contributed by atoms with Gasteiger partial charge in [-0.2, -0.15) is 5.10 Å². The van der Waals surface area contributed by atoms with Crippen LogP contribution in [0.1, 0.15) is 28.2 Å². The van der Waals surface area contributed by atoms with E-state index in [0.29, 0.717) is 33.6 Å². The first kappa shape index (κ1) is 16.5. The molecule has 0 atom stereocenters.